The van der Waals surface area contributed by atoms with E-state index in [0.29, 0.717) is 23.7 Å². The second-order valence-electron chi connectivity index (χ2n) is 6.18. The first-order valence-electron chi connectivity index (χ1n) is 8.17. The SMILES string of the molecule is Cc1nn(-c2ccc3nncn3n2)c2c1[C@H](c1cccnc1)CC(=O)N2. The molecular weight excluding hydrogens is 332 g/mol. The molecule has 1 amide bonds. The molecule has 0 aliphatic carbocycles. The van der Waals surface area contributed by atoms with E-state index in [-0.39, 0.29) is 11.8 Å². The number of nitrogens with one attached hydrogen (secondary N) is 1. The monoisotopic (exact) mass is 346 g/mol. The minimum Gasteiger partial charge on any atom is -0.310 e. The first kappa shape index (κ1) is 14.7. The van der Waals surface area contributed by atoms with E-state index < -0.39 is 0 Å². The van der Waals surface area contributed by atoms with Crippen molar-refractivity contribution in [1.29, 1.82) is 0 Å². The van der Waals surface area contributed by atoms with Crippen LogP contribution in [-0.2, 0) is 4.79 Å². The first-order valence-corrected chi connectivity index (χ1v) is 8.17. The molecular formula is C17H14N8O. The summed E-state index contributed by atoms with van der Waals surface area (Å²) in [6, 6.07) is 7.47. The Kier molecular flexibility index (Phi) is 3.08. The summed E-state index contributed by atoms with van der Waals surface area (Å²) >= 11 is 0. The quantitative estimate of drug-likeness (QED) is 0.590. The largest absolute Gasteiger partial charge is 0.310 e. The first-order chi connectivity index (χ1) is 12.7. The topological polar surface area (TPSA) is 103 Å². The van der Waals surface area contributed by atoms with Gasteiger partial charge in [-0.1, -0.05) is 6.07 Å². The Morgan fingerprint density at radius 2 is 2.15 bits per heavy atom. The fraction of sp³-hybridized carbons (Fsp3) is 0.176. The number of carbonyl (C=O) groups excluding carboxylic acids is 1. The number of fused-ring (bicyclic) bond motifs is 2. The number of anilines is 1. The lowest BCUT2D eigenvalue weighted by atomic mass is 9.87. The Morgan fingerprint density at radius 3 is 3.00 bits per heavy atom. The van der Waals surface area contributed by atoms with Crippen LogP contribution in [0.2, 0.25) is 0 Å². The van der Waals surface area contributed by atoms with Gasteiger partial charge in [0, 0.05) is 30.3 Å². The van der Waals surface area contributed by atoms with Crippen LogP contribution in [-0.4, -0.2) is 40.5 Å². The number of hydrogen-bond donors (Lipinski definition) is 1. The van der Waals surface area contributed by atoms with Crippen molar-refractivity contribution in [2.45, 2.75) is 19.3 Å². The average Bonchev–Trinajstić information content (AvgIpc) is 3.25. The minimum absolute atomic E-state index is 0.0575. The second kappa shape index (κ2) is 5.45. The summed E-state index contributed by atoms with van der Waals surface area (Å²) in [5, 5.41) is 19.8. The molecule has 1 atom stereocenters. The normalized spacial score (nSPS) is 16.5. The molecule has 0 saturated heterocycles. The van der Waals surface area contributed by atoms with E-state index in [9.17, 15) is 4.79 Å². The van der Waals surface area contributed by atoms with Gasteiger partial charge in [0.25, 0.3) is 0 Å². The van der Waals surface area contributed by atoms with E-state index in [2.05, 4.69) is 30.7 Å². The van der Waals surface area contributed by atoms with Gasteiger partial charge in [0.1, 0.15) is 12.1 Å². The Bertz CT molecular complexity index is 1130. The Labute approximate surface area is 147 Å². The van der Waals surface area contributed by atoms with Crippen molar-refractivity contribution in [3.05, 3.63) is 59.8 Å². The minimum atomic E-state index is -0.0835. The maximum absolute atomic E-state index is 12.4. The molecule has 9 heteroatoms. The van der Waals surface area contributed by atoms with E-state index in [1.54, 1.807) is 27.7 Å². The number of rotatable bonds is 2. The summed E-state index contributed by atoms with van der Waals surface area (Å²) in [5.74, 6) is 1.08. The average molecular weight is 346 g/mol. The van der Waals surface area contributed by atoms with Gasteiger partial charge in [0.15, 0.2) is 11.5 Å². The fourth-order valence-electron chi connectivity index (χ4n) is 3.41. The number of hydrogen-bond acceptors (Lipinski definition) is 6. The summed E-state index contributed by atoms with van der Waals surface area (Å²) in [5.41, 5.74) is 3.47. The van der Waals surface area contributed by atoms with Crippen LogP contribution in [0.15, 0.2) is 43.0 Å². The zero-order chi connectivity index (χ0) is 17.7. The van der Waals surface area contributed by atoms with Crippen LogP contribution in [0.4, 0.5) is 5.82 Å². The van der Waals surface area contributed by atoms with Crippen molar-refractivity contribution >= 4 is 17.4 Å². The van der Waals surface area contributed by atoms with Gasteiger partial charge in [-0.05, 0) is 30.7 Å². The van der Waals surface area contributed by atoms with Gasteiger partial charge in [-0.25, -0.2) is 0 Å². The number of amides is 1. The molecule has 0 fully saturated rings. The van der Waals surface area contributed by atoms with Crippen LogP contribution < -0.4 is 5.32 Å². The third kappa shape index (κ3) is 2.17. The van der Waals surface area contributed by atoms with Gasteiger partial charge in [0.2, 0.25) is 5.91 Å². The van der Waals surface area contributed by atoms with Crippen LogP contribution in [0.1, 0.15) is 29.2 Å². The highest BCUT2D eigenvalue weighted by Crippen LogP contribution is 2.39. The Hall–Kier alpha value is -3.62. The molecule has 0 aromatic carbocycles. The molecule has 4 aromatic heterocycles. The van der Waals surface area contributed by atoms with Crippen LogP contribution in [0, 0.1) is 6.92 Å². The standard InChI is InChI=1S/C17H14N8O/c1-10-16-12(11-3-2-6-18-8-11)7-15(26)20-17(16)25(22-10)14-5-4-13-21-19-9-24(13)23-14/h2-6,8-9,12H,7H2,1H3,(H,20,26)/t12-/m0/s1. The van der Waals surface area contributed by atoms with Crippen molar-refractivity contribution in [3.8, 4) is 5.82 Å². The van der Waals surface area contributed by atoms with Gasteiger partial charge >= 0.3 is 0 Å². The van der Waals surface area contributed by atoms with E-state index in [4.69, 9.17) is 0 Å². The van der Waals surface area contributed by atoms with Crippen LogP contribution in [0.5, 0.6) is 0 Å². The number of aryl methyl sites for hydroxylation is 1. The lowest BCUT2D eigenvalue weighted by Gasteiger charge is -2.23. The molecule has 9 nitrogen and oxygen atoms in total. The van der Waals surface area contributed by atoms with Gasteiger partial charge in [-0.3, -0.25) is 9.78 Å². The lowest BCUT2D eigenvalue weighted by Crippen LogP contribution is -2.25. The van der Waals surface area contributed by atoms with Gasteiger partial charge in [-0.15, -0.1) is 15.3 Å². The molecule has 5 rings (SSSR count). The molecule has 1 aliphatic heterocycles. The van der Waals surface area contributed by atoms with Crippen LogP contribution >= 0.6 is 0 Å². The maximum Gasteiger partial charge on any atom is 0.226 e. The van der Waals surface area contributed by atoms with E-state index >= 15 is 0 Å². The predicted molar refractivity (Wildman–Crippen MR) is 92.0 cm³/mol. The Balaban J connectivity index is 1.69. The van der Waals surface area contributed by atoms with Crippen LogP contribution in [0.3, 0.4) is 0 Å². The van der Waals surface area contributed by atoms with E-state index in [0.717, 1.165) is 16.8 Å². The molecule has 26 heavy (non-hydrogen) atoms. The van der Waals surface area contributed by atoms with Crippen LogP contribution in [0.25, 0.3) is 11.5 Å². The molecule has 0 saturated carbocycles. The molecule has 0 bridgehead atoms. The number of pyridine rings is 1. The summed E-state index contributed by atoms with van der Waals surface area (Å²) in [6.45, 7) is 1.94. The van der Waals surface area contributed by atoms with Crippen molar-refractivity contribution in [3.63, 3.8) is 0 Å². The van der Waals surface area contributed by atoms with Gasteiger partial charge < -0.3 is 5.32 Å². The molecule has 0 unspecified atom stereocenters. The molecule has 0 radical (unpaired) electrons. The zero-order valence-electron chi connectivity index (χ0n) is 13.9. The molecule has 128 valence electrons. The summed E-state index contributed by atoms with van der Waals surface area (Å²) in [6.07, 6.45) is 5.41. The third-order valence-corrected chi connectivity index (χ3v) is 4.55. The maximum atomic E-state index is 12.4. The molecule has 1 aliphatic rings. The highest BCUT2D eigenvalue weighted by Gasteiger charge is 2.33. The predicted octanol–water partition coefficient (Wildman–Crippen LogP) is 1.49. The number of aromatic nitrogens is 7. The van der Waals surface area contributed by atoms with Crippen molar-refractivity contribution in [1.82, 2.24) is 34.6 Å². The summed E-state index contributed by atoms with van der Waals surface area (Å²) < 4.78 is 3.23. The molecule has 1 N–H and O–H groups in total. The van der Waals surface area contributed by atoms with Gasteiger partial charge in [-0.2, -0.15) is 14.3 Å². The summed E-state index contributed by atoms with van der Waals surface area (Å²) in [4.78, 5) is 16.5. The van der Waals surface area contributed by atoms with Crippen molar-refractivity contribution in [2.75, 3.05) is 5.32 Å². The Morgan fingerprint density at radius 1 is 1.23 bits per heavy atom. The van der Waals surface area contributed by atoms with E-state index in [1.165, 1.54) is 6.33 Å². The number of nitrogens with zero attached hydrogens (tertiary/aromatic N) is 7. The van der Waals surface area contributed by atoms with E-state index in [1.807, 2.05) is 25.1 Å². The molecule has 5 heterocycles. The lowest BCUT2D eigenvalue weighted by molar-refractivity contribution is -0.116. The smallest absolute Gasteiger partial charge is 0.226 e. The van der Waals surface area contributed by atoms with Gasteiger partial charge in [0.05, 0.1) is 5.69 Å². The zero-order valence-corrected chi connectivity index (χ0v) is 13.9. The third-order valence-electron chi connectivity index (χ3n) is 4.55. The number of carbonyl (C=O) groups is 1. The van der Waals surface area contributed by atoms with Crippen molar-refractivity contribution in [2.24, 2.45) is 0 Å². The fourth-order valence-corrected chi connectivity index (χ4v) is 3.41. The summed E-state index contributed by atoms with van der Waals surface area (Å²) in [7, 11) is 0. The molecule has 4 aromatic rings. The highest BCUT2D eigenvalue weighted by molar-refractivity contribution is 5.95. The van der Waals surface area contributed by atoms with Crippen molar-refractivity contribution < 1.29 is 4.79 Å². The molecule has 0 spiro atoms. The highest BCUT2D eigenvalue weighted by atomic mass is 16.1. The second-order valence-corrected chi connectivity index (χ2v) is 6.18.